The van der Waals surface area contributed by atoms with Gasteiger partial charge in [-0.2, -0.15) is 0 Å². The third-order valence-corrected chi connectivity index (χ3v) is 5.08. The van der Waals surface area contributed by atoms with Gasteiger partial charge < -0.3 is 9.80 Å². The van der Waals surface area contributed by atoms with E-state index in [4.69, 9.17) is 0 Å². The van der Waals surface area contributed by atoms with Gasteiger partial charge >= 0.3 is 0 Å². The predicted molar refractivity (Wildman–Crippen MR) is 86.8 cm³/mol. The standard InChI is InChI=1S/C16H24N2O3S/c1-17(2)12-14-8-4-5-10-18(14)16(19)13-7-6-9-15(11-13)22(3,20)21/h6-7,9,11,14H,4-5,8,10,12H2,1-3H3/t14-/m1/s1. The highest BCUT2D eigenvalue weighted by atomic mass is 32.2. The van der Waals surface area contributed by atoms with Crippen LogP contribution in [0.25, 0.3) is 0 Å². The molecule has 0 radical (unpaired) electrons. The summed E-state index contributed by atoms with van der Waals surface area (Å²) < 4.78 is 23.3. The molecule has 6 heteroatoms. The number of carbonyl (C=O) groups excluding carboxylic acids is 1. The average Bonchev–Trinajstić information content (AvgIpc) is 2.46. The lowest BCUT2D eigenvalue weighted by Crippen LogP contribution is -2.48. The van der Waals surface area contributed by atoms with Crippen LogP contribution < -0.4 is 0 Å². The summed E-state index contributed by atoms with van der Waals surface area (Å²) in [5.74, 6) is -0.0722. The number of carbonyl (C=O) groups is 1. The smallest absolute Gasteiger partial charge is 0.254 e. The van der Waals surface area contributed by atoms with Crippen LogP contribution in [0.4, 0.5) is 0 Å². The van der Waals surface area contributed by atoms with Crippen molar-refractivity contribution in [1.29, 1.82) is 0 Å². The number of rotatable bonds is 4. The molecule has 1 aliphatic heterocycles. The van der Waals surface area contributed by atoms with Gasteiger partial charge in [-0.15, -0.1) is 0 Å². The first-order valence-corrected chi connectivity index (χ1v) is 9.44. The highest BCUT2D eigenvalue weighted by Gasteiger charge is 2.28. The first kappa shape index (κ1) is 17.0. The van der Waals surface area contributed by atoms with Gasteiger partial charge in [-0.3, -0.25) is 4.79 Å². The number of sulfone groups is 1. The van der Waals surface area contributed by atoms with Crippen LogP contribution in [0, 0.1) is 0 Å². The van der Waals surface area contributed by atoms with Crippen molar-refractivity contribution in [1.82, 2.24) is 9.80 Å². The minimum atomic E-state index is -3.30. The van der Waals surface area contributed by atoms with Gasteiger partial charge in [0.15, 0.2) is 9.84 Å². The number of hydrogen-bond acceptors (Lipinski definition) is 4. The van der Waals surface area contributed by atoms with E-state index in [0.29, 0.717) is 5.56 Å². The molecular formula is C16H24N2O3S. The summed E-state index contributed by atoms with van der Waals surface area (Å²) in [6.45, 7) is 1.57. The van der Waals surface area contributed by atoms with Gasteiger partial charge in [-0.05, 0) is 51.6 Å². The van der Waals surface area contributed by atoms with Gasteiger partial charge in [0.05, 0.1) is 4.90 Å². The van der Waals surface area contributed by atoms with Crippen LogP contribution in [0.3, 0.4) is 0 Å². The zero-order chi connectivity index (χ0) is 16.3. The summed E-state index contributed by atoms with van der Waals surface area (Å²) in [7, 11) is 0.702. The Morgan fingerprint density at radius 3 is 2.68 bits per heavy atom. The molecule has 22 heavy (non-hydrogen) atoms. The SMILES string of the molecule is CN(C)C[C@H]1CCCCN1C(=O)c1cccc(S(C)(=O)=O)c1. The molecule has 2 rings (SSSR count). The number of hydrogen-bond donors (Lipinski definition) is 0. The van der Waals surface area contributed by atoms with Crippen molar-refractivity contribution < 1.29 is 13.2 Å². The predicted octanol–water partition coefficient (Wildman–Crippen LogP) is 1.65. The molecule has 1 saturated heterocycles. The number of likely N-dealkylation sites (tertiary alicyclic amines) is 1. The van der Waals surface area contributed by atoms with Crippen molar-refractivity contribution >= 4 is 15.7 Å². The third-order valence-electron chi connectivity index (χ3n) is 3.97. The number of likely N-dealkylation sites (N-methyl/N-ethyl adjacent to an activating group) is 1. The molecule has 1 aromatic carbocycles. The van der Waals surface area contributed by atoms with E-state index in [0.717, 1.165) is 38.6 Å². The maximum atomic E-state index is 12.8. The van der Waals surface area contributed by atoms with E-state index >= 15 is 0 Å². The van der Waals surface area contributed by atoms with Crippen molar-refractivity contribution in [2.24, 2.45) is 0 Å². The third kappa shape index (κ3) is 4.08. The molecule has 5 nitrogen and oxygen atoms in total. The molecule has 1 aliphatic rings. The Labute approximate surface area is 132 Å². The zero-order valence-electron chi connectivity index (χ0n) is 13.4. The molecule has 0 aromatic heterocycles. The van der Waals surface area contributed by atoms with Crippen molar-refractivity contribution in [3.05, 3.63) is 29.8 Å². The van der Waals surface area contributed by atoms with Crippen molar-refractivity contribution in [3.8, 4) is 0 Å². The van der Waals surface area contributed by atoms with E-state index < -0.39 is 9.84 Å². The number of amides is 1. The summed E-state index contributed by atoms with van der Waals surface area (Å²) in [6, 6.07) is 6.53. The van der Waals surface area contributed by atoms with Crippen molar-refractivity contribution in [3.63, 3.8) is 0 Å². The first-order chi connectivity index (χ1) is 10.3. The molecule has 1 amide bonds. The fourth-order valence-electron chi connectivity index (χ4n) is 2.90. The Hall–Kier alpha value is -1.40. The lowest BCUT2D eigenvalue weighted by molar-refractivity contribution is 0.0574. The zero-order valence-corrected chi connectivity index (χ0v) is 14.3. The van der Waals surface area contributed by atoms with Crippen LogP contribution in [0.5, 0.6) is 0 Å². The average molecular weight is 324 g/mol. The molecule has 1 heterocycles. The molecule has 0 bridgehead atoms. The summed E-state index contributed by atoms with van der Waals surface area (Å²) in [6.07, 6.45) is 4.29. The largest absolute Gasteiger partial charge is 0.334 e. The summed E-state index contributed by atoms with van der Waals surface area (Å²) in [5, 5.41) is 0. The van der Waals surface area contributed by atoms with Crippen molar-refractivity contribution in [2.75, 3.05) is 33.4 Å². The van der Waals surface area contributed by atoms with Gasteiger partial charge in [0.2, 0.25) is 0 Å². The Balaban J connectivity index is 2.26. The Morgan fingerprint density at radius 2 is 2.05 bits per heavy atom. The van der Waals surface area contributed by atoms with Crippen LogP contribution in [-0.2, 0) is 9.84 Å². The Kier molecular flexibility index (Phi) is 5.24. The van der Waals surface area contributed by atoms with Gasteiger partial charge in [-0.25, -0.2) is 8.42 Å². The summed E-state index contributed by atoms with van der Waals surface area (Å²) in [4.78, 5) is 17.0. The van der Waals surface area contributed by atoms with Gasteiger partial charge in [0.1, 0.15) is 0 Å². The molecule has 0 aliphatic carbocycles. The fourth-order valence-corrected chi connectivity index (χ4v) is 3.57. The molecule has 1 fully saturated rings. The lowest BCUT2D eigenvalue weighted by Gasteiger charge is -2.37. The van der Waals surface area contributed by atoms with E-state index in [1.165, 1.54) is 12.1 Å². The van der Waals surface area contributed by atoms with Crippen LogP contribution in [0.1, 0.15) is 29.6 Å². The minimum absolute atomic E-state index is 0.0722. The first-order valence-electron chi connectivity index (χ1n) is 7.55. The second kappa shape index (κ2) is 6.79. The lowest BCUT2D eigenvalue weighted by atomic mass is 10.0. The molecule has 0 unspecified atom stereocenters. The molecule has 1 atom stereocenters. The van der Waals surface area contributed by atoms with Crippen molar-refractivity contribution in [2.45, 2.75) is 30.2 Å². The van der Waals surface area contributed by atoms with E-state index in [-0.39, 0.29) is 16.8 Å². The molecule has 0 N–H and O–H groups in total. The molecule has 0 spiro atoms. The number of nitrogens with zero attached hydrogens (tertiary/aromatic N) is 2. The normalized spacial score (nSPS) is 19.5. The molecular weight excluding hydrogens is 300 g/mol. The highest BCUT2D eigenvalue weighted by molar-refractivity contribution is 7.90. The van der Waals surface area contributed by atoms with Crippen LogP contribution >= 0.6 is 0 Å². The quantitative estimate of drug-likeness (QED) is 0.845. The van der Waals surface area contributed by atoms with E-state index in [2.05, 4.69) is 4.90 Å². The van der Waals surface area contributed by atoms with E-state index in [1.807, 2.05) is 19.0 Å². The van der Waals surface area contributed by atoms with Crippen LogP contribution in [0.15, 0.2) is 29.2 Å². The van der Waals surface area contributed by atoms with Crippen LogP contribution in [0.2, 0.25) is 0 Å². The van der Waals surface area contributed by atoms with Gasteiger partial charge in [-0.1, -0.05) is 6.07 Å². The summed E-state index contributed by atoms with van der Waals surface area (Å²) >= 11 is 0. The number of benzene rings is 1. The number of piperidine rings is 1. The second-order valence-corrected chi connectivity index (χ2v) is 8.23. The van der Waals surface area contributed by atoms with E-state index in [9.17, 15) is 13.2 Å². The highest BCUT2D eigenvalue weighted by Crippen LogP contribution is 2.21. The van der Waals surface area contributed by atoms with Gasteiger partial charge in [0.25, 0.3) is 5.91 Å². The second-order valence-electron chi connectivity index (χ2n) is 6.21. The molecule has 0 saturated carbocycles. The topological polar surface area (TPSA) is 57.7 Å². The van der Waals surface area contributed by atoms with E-state index in [1.54, 1.807) is 12.1 Å². The Morgan fingerprint density at radius 1 is 1.32 bits per heavy atom. The maximum absolute atomic E-state index is 12.8. The fraction of sp³-hybridized carbons (Fsp3) is 0.562. The van der Waals surface area contributed by atoms with Crippen LogP contribution in [-0.4, -0.2) is 63.6 Å². The monoisotopic (exact) mass is 324 g/mol. The molecule has 122 valence electrons. The molecule has 1 aromatic rings. The minimum Gasteiger partial charge on any atom is -0.334 e. The Bertz CT molecular complexity index is 641. The summed E-state index contributed by atoms with van der Waals surface area (Å²) in [5.41, 5.74) is 0.452. The van der Waals surface area contributed by atoms with Gasteiger partial charge in [0, 0.05) is 31.0 Å². The maximum Gasteiger partial charge on any atom is 0.254 e.